The number of aryl methyl sites for hydroxylation is 3. The molecule has 0 amide bonds. The van der Waals surface area contributed by atoms with Crippen molar-refractivity contribution >= 4 is 28.1 Å². The fraction of sp³-hybridized carbons (Fsp3) is 0.538. The second-order valence-corrected chi connectivity index (χ2v) is 12.1. The Morgan fingerprint density at radius 3 is 2.73 bits per heavy atom. The number of nitrogens with zero attached hydrogens (tertiary/aromatic N) is 3. The van der Waals surface area contributed by atoms with Crippen LogP contribution in [0.25, 0.3) is 5.57 Å². The first-order valence-electron chi connectivity index (χ1n) is 12.4. The van der Waals surface area contributed by atoms with Gasteiger partial charge in [0, 0.05) is 25.3 Å². The van der Waals surface area contributed by atoms with Crippen molar-refractivity contribution in [3.05, 3.63) is 46.7 Å². The molecule has 1 aromatic heterocycles. The molecule has 6 nitrogen and oxygen atoms in total. The van der Waals surface area contributed by atoms with Gasteiger partial charge in [0.25, 0.3) is 0 Å². The zero-order valence-corrected chi connectivity index (χ0v) is 19.7. The summed E-state index contributed by atoms with van der Waals surface area (Å²) in [5, 5.41) is 13.5. The number of aliphatic hydroxyl groups excluding tert-OH is 1. The van der Waals surface area contributed by atoms with Crippen LogP contribution in [0.3, 0.4) is 0 Å². The highest BCUT2D eigenvalue weighted by Crippen LogP contribution is 2.44. The van der Waals surface area contributed by atoms with E-state index in [1.165, 1.54) is 35.1 Å². The molecule has 7 heteroatoms. The van der Waals surface area contributed by atoms with Crippen molar-refractivity contribution in [1.82, 2.24) is 9.97 Å². The van der Waals surface area contributed by atoms with Crippen LogP contribution in [0.4, 0.5) is 11.8 Å². The van der Waals surface area contributed by atoms with E-state index in [0.29, 0.717) is 23.4 Å². The summed E-state index contributed by atoms with van der Waals surface area (Å²) >= 11 is 0. The molecule has 2 aliphatic heterocycles. The molecule has 33 heavy (non-hydrogen) atoms. The Kier molecular flexibility index (Phi) is 4.50. The van der Waals surface area contributed by atoms with Gasteiger partial charge in [-0.1, -0.05) is 24.3 Å². The molecule has 0 radical (unpaired) electrons. The third-order valence-electron chi connectivity index (χ3n) is 8.59. The summed E-state index contributed by atoms with van der Waals surface area (Å²) in [7, 11) is -1.06. The molecule has 1 aromatic carbocycles. The number of rotatable bonds is 5. The molecule has 1 saturated carbocycles. The lowest BCUT2D eigenvalue weighted by Crippen LogP contribution is -2.48. The normalized spacial score (nSPS) is 28.5. The number of aliphatic hydroxyl groups is 1. The fourth-order valence-electron chi connectivity index (χ4n) is 6.27. The van der Waals surface area contributed by atoms with Crippen LogP contribution in [0.1, 0.15) is 48.1 Å². The van der Waals surface area contributed by atoms with Crippen molar-refractivity contribution in [3.63, 3.8) is 0 Å². The van der Waals surface area contributed by atoms with E-state index in [-0.39, 0.29) is 12.1 Å². The van der Waals surface area contributed by atoms with Gasteiger partial charge in [-0.25, -0.2) is 4.98 Å². The quantitative estimate of drug-likeness (QED) is 0.711. The Morgan fingerprint density at radius 2 is 2.03 bits per heavy atom. The van der Waals surface area contributed by atoms with Crippen molar-refractivity contribution in [2.45, 2.75) is 55.4 Å². The molecule has 5 aliphatic rings. The van der Waals surface area contributed by atoms with E-state index in [1.807, 2.05) is 0 Å². The van der Waals surface area contributed by atoms with Crippen molar-refractivity contribution in [2.75, 3.05) is 35.7 Å². The summed E-state index contributed by atoms with van der Waals surface area (Å²) in [5.74, 6) is 3.20. The number of nitrogens with one attached hydrogen (secondary N) is 1. The van der Waals surface area contributed by atoms with Gasteiger partial charge < -0.3 is 15.3 Å². The van der Waals surface area contributed by atoms with Crippen molar-refractivity contribution < 1.29 is 9.32 Å². The van der Waals surface area contributed by atoms with Crippen LogP contribution in [0.5, 0.6) is 0 Å². The first-order valence-corrected chi connectivity index (χ1v) is 13.7. The molecule has 0 spiro atoms. The highest BCUT2D eigenvalue weighted by molar-refractivity contribution is 7.85. The maximum atomic E-state index is 12.7. The first-order chi connectivity index (χ1) is 16.1. The SMILES string of the molecule is O=[S@@]1CCc2nc(N3C[C@H]4CC(c5ccc6c(c5)CC6)=C[C@H]4C3)nc(NC3(CO)CCC3)c21. The summed E-state index contributed by atoms with van der Waals surface area (Å²) in [5.41, 5.74) is 6.57. The summed E-state index contributed by atoms with van der Waals surface area (Å²) < 4.78 is 12.7. The maximum absolute atomic E-state index is 12.7. The molecule has 7 rings (SSSR count). The van der Waals surface area contributed by atoms with E-state index in [0.717, 1.165) is 61.7 Å². The van der Waals surface area contributed by atoms with E-state index >= 15 is 0 Å². The van der Waals surface area contributed by atoms with Crippen molar-refractivity contribution in [2.24, 2.45) is 11.8 Å². The fourth-order valence-corrected chi connectivity index (χ4v) is 7.58. The van der Waals surface area contributed by atoms with Crippen LogP contribution in [-0.2, 0) is 30.1 Å². The van der Waals surface area contributed by atoms with Crippen LogP contribution in [0.15, 0.2) is 29.2 Å². The molecule has 172 valence electrons. The molecule has 3 heterocycles. The minimum atomic E-state index is -1.06. The van der Waals surface area contributed by atoms with E-state index < -0.39 is 10.8 Å². The van der Waals surface area contributed by atoms with Gasteiger partial charge in [-0.05, 0) is 72.6 Å². The minimum absolute atomic E-state index is 0.0812. The van der Waals surface area contributed by atoms with Gasteiger partial charge in [-0.15, -0.1) is 0 Å². The van der Waals surface area contributed by atoms with Crippen LogP contribution in [0, 0.1) is 11.8 Å². The molecule has 3 aliphatic carbocycles. The standard InChI is InChI=1S/C26H30N4O2S/c31-15-26(7-1-8-26)29-24-23-22(6-9-33(23)32)27-25(28-24)30-13-20-11-19(12-21(20)14-30)18-5-3-16-2-4-17(16)10-18/h3,5,10-11,20-21,31H,1-2,4,6-9,12-15H2,(H,27,28,29)/t20-,21+,33+/m0/s1. The summed E-state index contributed by atoms with van der Waals surface area (Å²) in [6, 6.07) is 7.03. The second kappa shape index (κ2) is 7.37. The van der Waals surface area contributed by atoms with Gasteiger partial charge in [0.2, 0.25) is 5.95 Å². The molecule has 3 atom stereocenters. The Balaban J connectivity index is 1.15. The lowest BCUT2D eigenvalue weighted by Gasteiger charge is -2.41. The predicted octanol–water partition coefficient (Wildman–Crippen LogP) is 3.11. The van der Waals surface area contributed by atoms with Crippen molar-refractivity contribution in [1.29, 1.82) is 0 Å². The maximum Gasteiger partial charge on any atom is 0.227 e. The number of benzene rings is 1. The second-order valence-electron chi connectivity index (χ2n) is 10.6. The van der Waals surface area contributed by atoms with E-state index in [1.54, 1.807) is 0 Å². The molecule has 0 bridgehead atoms. The average molecular weight is 463 g/mol. The highest BCUT2D eigenvalue weighted by atomic mass is 32.2. The zero-order valence-electron chi connectivity index (χ0n) is 18.8. The van der Waals surface area contributed by atoms with Gasteiger partial charge in [0.15, 0.2) is 0 Å². The lowest BCUT2D eigenvalue weighted by atomic mass is 9.77. The Hall–Kier alpha value is -2.25. The predicted molar refractivity (Wildman–Crippen MR) is 130 cm³/mol. The summed E-state index contributed by atoms with van der Waals surface area (Å²) in [6.45, 7) is 1.98. The molecule has 1 saturated heterocycles. The molecule has 2 fully saturated rings. The third-order valence-corrected chi connectivity index (χ3v) is 10.0. The molecule has 2 aromatic rings. The summed E-state index contributed by atoms with van der Waals surface area (Å²) in [6.07, 6.45) is 9.76. The first kappa shape index (κ1) is 20.2. The minimum Gasteiger partial charge on any atom is -0.394 e. The van der Waals surface area contributed by atoms with Gasteiger partial charge in [0.1, 0.15) is 10.7 Å². The zero-order chi connectivity index (χ0) is 22.2. The largest absolute Gasteiger partial charge is 0.394 e. The number of aromatic nitrogens is 2. The molecule has 0 unspecified atom stereocenters. The Morgan fingerprint density at radius 1 is 1.15 bits per heavy atom. The number of allylic oxidation sites excluding steroid dienone is 1. The highest BCUT2D eigenvalue weighted by Gasteiger charge is 2.41. The summed E-state index contributed by atoms with van der Waals surface area (Å²) in [4.78, 5) is 12.9. The van der Waals surface area contributed by atoms with Crippen LogP contribution < -0.4 is 10.2 Å². The Labute approximate surface area is 197 Å². The Bertz CT molecular complexity index is 1200. The van der Waals surface area contributed by atoms with Gasteiger partial charge in [-0.2, -0.15) is 4.98 Å². The average Bonchev–Trinajstić information content (AvgIpc) is 3.45. The van der Waals surface area contributed by atoms with Crippen LogP contribution in [0.2, 0.25) is 0 Å². The lowest BCUT2D eigenvalue weighted by molar-refractivity contribution is 0.143. The number of anilines is 2. The molecular formula is C26H30N4O2S. The number of fused-ring (bicyclic) bond motifs is 3. The monoisotopic (exact) mass is 462 g/mol. The number of hydrogen-bond acceptors (Lipinski definition) is 6. The van der Waals surface area contributed by atoms with E-state index in [2.05, 4.69) is 34.5 Å². The van der Waals surface area contributed by atoms with E-state index in [4.69, 9.17) is 9.97 Å². The van der Waals surface area contributed by atoms with Crippen molar-refractivity contribution in [3.8, 4) is 0 Å². The van der Waals surface area contributed by atoms with Gasteiger partial charge in [0.05, 0.1) is 28.6 Å². The topological polar surface area (TPSA) is 78.4 Å². The van der Waals surface area contributed by atoms with E-state index in [9.17, 15) is 9.32 Å². The van der Waals surface area contributed by atoms with Crippen LogP contribution >= 0.6 is 0 Å². The molecule has 2 N–H and O–H groups in total. The van der Waals surface area contributed by atoms with Crippen LogP contribution in [-0.4, -0.2) is 50.3 Å². The smallest absolute Gasteiger partial charge is 0.227 e. The van der Waals surface area contributed by atoms with Gasteiger partial charge >= 0.3 is 0 Å². The number of hydrogen-bond donors (Lipinski definition) is 2. The third kappa shape index (κ3) is 3.19. The van der Waals surface area contributed by atoms with Gasteiger partial charge in [-0.3, -0.25) is 4.21 Å². The molecular weight excluding hydrogens is 432 g/mol.